The topological polar surface area (TPSA) is 126 Å². The van der Waals surface area contributed by atoms with Gasteiger partial charge in [0, 0.05) is 0 Å². The molecular weight excluding hydrogens is 252 g/mol. The molecule has 0 spiro atoms. The fraction of sp³-hybridized carbons (Fsp3) is 0.417. The summed E-state index contributed by atoms with van der Waals surface area (Å²) in [7, 11) is 0. The molecule has 0 radical (unpaired) electrons. The second kappa shape index (κ2) is 7.82. The van der Waals surface area contributed by atoms with Crippen LogP contribution in [0, 0.1) is 0 Å². The van der Waals surface area contributed by atoms with E-state index < -0.39 is 31.5 Å². The van der Waals surface area contributed by atoms with Crippen LogP contribution in [0.4, 0.5) is 5.69 Å². The predicted octanol–water partition coefficient (Wildman–Crippen LogP) is -1.48. The quantitative estimate of drug-likeness (QED) is 0.265. The van der Waals surface area contributed by atoms with Crippen molar-refractivity contribution < 1.29 is 25.5 Å². The van der Waals surface area contributed by atoms with Gasteiger partial charge in [0.15, 0.2) is 0 Å². The smallest absolute Gasteiger partial charge is 0.125 e. The van der Waals surface area contributed by atoms with Crippen molar-refractivity contribution in [3.8, 4) is 0 Å². The maximum atomic E-state index is 9.71. The van der Waals surface area contributed by atoms with E-state index in [-0.39, 0.29) is 5.71 Å². The molecule has 106 valence electrons. The number of nitrogens with one attached hydrogen (secondary N) is 1. The van der Waals surface area contributed by atoms with E-state index in [2.05, 4.69) is 10.5 Å². The average molecular weight is 270 g/mol. The number of hydrogen-bond acceptors (Lipinski definition) is 7. The lowest BCUT2D eigenvalue weighted by atomic mass is 10.0. The summed E-state index contributed by atoms with van der Waals surface area (Å²) >= 11 is 0. The van der Waals surface area contributed by atoms with Crippen molar-refractivity contribution in [3.05, 3.63) is 30.3 Å². The van der Waals surface area contributed by atoms with Gasteiger partial charge in [-0.3, -0.25) is 5.43 Å². The van der Waals surface area contributed by atoms with Gasteiger partial charge in [0.25, 0.3) is 0 Å². The van der Waals surface area contributed by atoms with Crippen LogP contribution < -0.4 is 5.43 Å². The van der Waals surface area contributed by atoms with Crippen molar-refractivity contribution in [3.63, 3.8) is 0 Å². The molecule has 1 rings (SSSR count). The molecule has 0 aromatic heterocycles. The molecule has 19 heavy (non-hydrogen) atoms. The minimum absolute atomic E-state index is 0.149. The molecule has 0 aliphatic heterocycles. The zero-order valence-electron chi connectivity index (χ0n) is 10.2. The Hall–Kier alpha value is -1.51. The highest BCUT2D eigenvalue weighted by molar-refractivity contribution is 5.90. The monoisotopic (exact) mass is 270 g/mol. The van der Waals surface area contributed by atoms with Crippen LogP contribution in [0.3, 0.4) is 0 Å². The second-order valence-electron chi connectivity index (χ2n) is 3.92. The summed E-state index contributed by atoms with van der Waals surface area (Å²) in [5, 5.41) is 50.0. The van der Waals surface area contributed by atoms with Gasteiger partial charge in [-0.1, -0.05) is 18.2 Å². The van der Waals surface area contributed by atoms with E-state index in [1.165, 1.54) is 0 Å². The highest BCUT2D eigenvalue weighted by Gasteiger charge is 2.28. The number of para-hydroxylation sites is 1. The Bertz CT molecular complexity index is 398. The summed E-state index contributed by atoms with van der Waals surface area (Å²) in [5.74, 6) is 0. The Morgan fingerprint density at radius 2 is 1.74 bits per heavy atom. The molecule has 7 heteroatoms. The first-order chi connectivity index (χ1) is 9.10. The van der Waals surface area contributed by atoms with Crippen molar-refractivity contribution in [2.24, 2.45) is 5.10 Å². The van der Waals surface area contributed by atoms with Crippen LogP contribution in [0.1, 0.15) is 0 Å². The van der Waals surface area contributed by atoms with Gasteiger partial charge in [0.05, 0.1) is 24.6 Å². The van der Waals surface area contributed by atoms with E-state index in [9.17, 15) is 15.3 Å². The third kappa shape index (κ3) is 4.58. The second-order valence-corrected chi connectivity index (χ2v) is 3.92. The normalized spacial score (nSPS) is 16.8. The third-order valence-electron chi connectivity index (χ3n) is 2.51. The maximum Gasteiger partial charge on any atom is 0.125 e. The molecule has 0 unspecified atom stereocenters. The van der Waals surface area contributed by atoms with Gasteiger partial charge in [-0.05, 0) is 12.1 Å². The zero-order chi connectivity index (χ0) is 14.3. The van der Waals surface area contributed by atoms with Crippen molar-refractivity contribution in [1.29, 1.82) is 0 Å². The van der Waals surface area contributed by atoms with Gasteiger partial charge < -0.3 is 25.5 Å². The maximum absolute atomic E-state index is 9.71. The molecule has 0 saturated carbocycles. The molecular formula is C12H18N2O5. The van der Waals surface area contributed by atoms with E-state index in [0.29, 0.717) is 5.69 Å². The Labute approximate surface area is 110 Å². The number of aliphatic hydroxyl groups excluding tert-OH is 5. The Balaban J connectivity index is 2.71. The predicted molar refractivity (Wildman–Crippen MR) is 69.7 cm³/mol. The fourth-order valence-electron chi connectivity index (χ4n) is 1.36. The van der Waals surface area contributed by atoms with Crippen LogP contribution in [0.15, 0.2) is 35.4 Å². The van der Waals surface area contributed by atoms with Crippen molar-refractivity contribution in [2.75, 3.05) is 18.6 Å². The van der Waals surface area contributed by atoms with Crippen LogP contribution >= 0.6 is 0 Å². The van der Waals surface area contributed by atoms with Gasteiger partial charge in [-0.15, -0.1) is 0 Å². The van der Waals surface area contributed by atoms with E-state index >= 15 is 0 Å². The zero-order valence-corrected chi connectivity index (χ0v) is 10.2. The van der Waals surface area contributed by atoms with Gasteiger partial charge in [0.2, 0.25) is 0 Å². The number of anilines is 1. The number of rotatable bonds is 7. The number of benzene rings is 1. The van der Waals surface area contributed by atoms with E-state index in [1.54, 1.807) is 24.3 Å². The lowest BCUT2D eigenvalue weighted by molar-refractivity contribution is -0.0564. The lowest BCUT2D eigenvalue weighted by Gasteiger charge is -2.22. The molecule has 0 aliphatic rings. The highest BCUT2D eigenvalue weighted by atomic mass is 16.4. The largest absolute Gasteiger partial charge is 0.394 e. The Morgan fingerprint density at radius 1 is 1.11 bits per heavy atom. The number of hydrogen-bond donors (Lipinski definition) is 6. The van der Waals surface area contributed by atoms with Gasteiger partial charge in [-0.2, -0.15) is 5.10 Å². The first-order valence-electron chi connectivity index (χ1n) is 5.73. The van der Waals surface area contributed by atoms with Crippen molar-refractivity contribution in [2.45, 2.75) is 18.3 Å². The molecule has 1 aromatic rings. The lowest BCUT2D eigenvalue weighted by Crippen LogP contribution is -2.45. The first kappa shape index (κ1) is 15.5. The fourth-order valence-corrected chi connectivity index (χ4v) is 1.36. The van der Waals surface area contributed by atoms with E-state index in [0.717, 1.165) is 0 Å². The summed E-state index contributed by atoms with van der Waals surface area (Å²) in [5.41, 5.74) is 3.09. The van der Waals surface area contributed by atoms with Gasteiger partial charge in [-0.25, -0.2) is 0 Å². The summed E-state index contributed by atoms with van der Waals surface area (Å²) in [6.07, 6.45) is -4.72. The molecule has 0 saturated heterocycles. The third-order valence-corrected chi connectivity index (χ3v) is 2.51. The highest BCUT2D eigenvalue weighted by Crippen LogP contribution is 2.07. The molecule has 0 fully saturated rings. The van der Waals surface area contributed by atoms with E-state index in [4.69, 9.17) is 10.2 Å². The molecule has 6 N–H and O–H groups in total. The average Bonchev–Trinajstić information content (AvgIpc) is 2.47. The Morgan fingerprint density at radius 3 is 2.26 bits per heavy atom. The minimum Gasteiger partial charge on any atom is -0.394 e. The van der Waals surface area contributed by atoms with Crippen LogP contribution in [-0.2, 0) is 0 Å². The molecule has 0 heterocycles. The molecule has 3 atom stereocenters. The SMILES string of the molecule is OCC(=NNc1ccccc1)[C@H](O)[C@@H](O)[C@@H](O)CO. The summed E-state index contributed by atoms with van der Waals surface area (Å²) in [6.45, 7) is -1.31. The van der Waals surface area contributed by atoms with Crippen LogP contribution in [0.2, 0.25) is 0 Å². The molecule has 0 amide bonds. The molecule has 0 bridgehead atoms. The number of aliphatic hydroxyl groups is 5. The van der Waals surface area contributed by atoms with Crippen LogP contribution in [0.5, 0.6) is 0 Å². The molecule has 0 aliphatic carbocycles. The number of nitrogens with zero attached hydrogens (tertiary/aromatic N) is 1. The van der Waals surface area contributed by atoms with Crippen LogP contribution in [-0.4, -0.2) is 62.8 Å². The van der Waals surface area contributed by atoms with Gasteiger partial charge in [0.1, 0.15) is 18.3 Å². The summed E-state index contributed by atoms with van der Waals surface area (Å²) in [6, 6.07) is 8.82. The van der Waals surface area contributed by atoms with Crippen LogP contribution in [0.25, 0.3) is 0 Å². The van der Waals surface area contributed by atoms with Crippen molar-refractivity contribution >= 4 is 11.4 Å². The first-order valence-corrected chi connectivity index (χ1v) is 5.73. The molecule has 7 nitrogen and oxygen atoms in total. The molecule has 1 aromatic carbocycles. The summed E-state index contributed by atoms with van der Waals surface area (Å²) < 4.78 is 0. The standard InChI is InChI=1S/C12H18N2O5/c15-6-9(11(18)12(19)10(17)7-16)14-13-8-4-2-1-3-5-8/h1-5,10-13,15-19H,6-7H2/t10-,11-,12-/m0/s1. The minimum atomic E-state index is -1.63. The number of hydrazone groups is 1. The van der Waals surface area contributed by atoms with E-state index in [1.807, 2.05) is 6.07 Å². The van der Waals surface area contributed by atoms with Crippen molar-refractivity contribution in [1.82, 2.24) is 0 Å². The Kier molecular flexibility index (Phi) is 6.40. The van der Waals surface area contributed by atoms with Gasteiger partial charge >= 0.3 is 0 Å². The summed E-state index contributed by atoms with van der Waals surface area (Å²) in [4.78, 5) is 0.